The lowest BCUT2D eigenvalue weighted by molar-refractivity contribution is 0.0926. The van der Waals surface area contributed by atoms with Crippen LogP contribution in [0, 0.1) is 0 Å². The summed E-state index contributed by atoms with van der Waals surface area (Å²) < 4.78 is 0.961. The highest BCUT2D eigenvalue weighted by atomic mass is 79.9. The topological polar surface area (TPSA) is 20.3 Å². The van der Waals surface area contributed by atoms with Crippen LogP contribution in [-0.2, 0) is 0 Å². The van der Waals surface area contributed by atoms with Crippen molar-refractivity contribution in [1.82, 2.24) is 4.90 Å². The third kappa shape index (κ3) is 3.57. The number of halogens is 1. The van der Waals surface area contributed by atoms with E-state index in [0.717, 1.165) is 15.8 Å². The number of likely N-dealkylation sites (N-methyl/N-ethyl adjacent to an activating group) is 1. The van der Waals surface area contributed by atoms with Crippen LogP contribution in [0.5, 0.6) is 0 Å². The SMILES string of the molecule is CN(CC(=O)c1cccc(Br)c1)C1CCSC1. The Bertz CT molecular complexity index is 404. The number of carbonyl (C=O) groups is 1. The van der Waals surface area contributed by atoms with E-state index in [-0.39, 0.29) is 5.78 Å². The van der Waals surface area contributed by atoms with E-state index in [4.69, 9.17) is 0 Å². The number of carbonyl (C=O) groups excluding carboxylic acids is 1. The third-order valence-corrected chi connectivity index (χ3v) is 4.71. The maximum absolute atomic E-state index is 12.1. The second kappa shape index (κ2) is 6.03. The molecule has 1 aliphatic rings. The van der Waals surface area contributed by atoms with E-state index in [2.05, 4.69) is 20.8 Å². The lowest BCUT2D eigenvalue weighted by atomic mass is 10.1. The molecule has 1 fully saturated rings. The molecule has 0 bridgehead atoms. The lowest BCUT2D eigenvalue weighted by Gasteiger charge is -2.22. The molecule has 0 amide bonds. The van der Waals surface area contributed by atoms with Crippen LogP contribution in [0.15, 0.2) is 28.7 Å². The van der Waals surface area contributed by atoms with Gasteiger partial charge in [0.05, 0.1) is 6.54 Å². The standard InChI is InChI=1S/C13H16BrNOS/c1-15(12-5-6-17-9-12)8-13(16)10-3-2-4-11(14)7-10/h2-4,7,12H,5-6,8-9H2,1H3. The van der Waals surface area contributed by atoms with Crippen molar-refractivity contribution in [3.63, 3.8) is 0 Å². The zero-order chi connectivity index (χ0) is 12.3. The summed E-state index contributed by atoms with van der Waals surface area (Å²) >= 11 is 5.37. The van der Waals surface area contributed by atoms with Crippen molar-refractivity contribution >= 4 is 33.5 Å². The van der Waals surface area contributed by atoms with Crippen LogP contribution in [0.2, 0.25) is 0 Å². The molecule has 0 aromatic heterocycles. The highest BCUT2D eigenvalue weighted by Gasteiger charge is 2.21. The van der Waals surface area contributed by atoms with Gasteiger partial charge in [0, 0.05) is 21.8 Å². The van der Waals surface area contributed by atoms with Crippen LogP contribution in [0.1, 0.15) is 16.8 Å². The monoisotopic (exact) mass is 313 g/mol. The van der Waals surface area contributed by atoms with Gasteiger partial charge < -0.3 is 0 Å². The van der Waals surface area contributed by atoms with E-state index >= 15 is 0 Å². The molecule has 2 nitrogen and oxygen atoms in total. The lowest BCUT2D eigenvalue weighted by Crippen LogP contribution is -2.35. The summed E-state index contributed by atoms with van der Waals surface area (Å²) in [7, 11) is 2.05. The van der Waals surface area contributed by atoms with Crippen molar-refractivity contribution in [3.8, 4) is 0 Å². The summed E-state index contributed by atoms with van der Waals surface area (Å²) in [5, 5.41) is 0. The minimum absolute atomic E-state index is 0.200. The molecular weight excluding hydrogens is 298 g/mol. The van der Waals surface area contributed by atoms with E-state index in [1.807, 2.05) is 43.1 Å². The second-order valence-corrected chi connectivity index (χ2v) is 6.43. The Balaban J connectivity index is 1.96. The van der Waals surface area contributed by atoms with Crippen molar-refractivity contribution in [2.45, 2.75) is 12.5 Å². The van der Waals surface area contributed by atoms with Gasteiger partial charge in [0.25, 0.3) is 0 Å². The summed E-state index contributed by atoms with van der Waals surface area (Å²) in [6.07, 6.45) is 1.20. The molecule has 1 heterocycles. The predicted molar refractivity (Wildman–Crippen MR) is 76.8 cm³/mol. The van der Waals surface area contributed by atoms with Gasteiger partial charge in [0.1, 0.15) is 0 Å². The van der Waals surface area contributed by atoms with E-state index in [1.54, 1.807) is 0 Å². The molecular formula is C13H16BrNOS. The van der Waals surface area contributed by atoms with E-state index in [1.165, 1.54) is 12.2 Å². The third-order valence-electron chi connectivity index (χ3n) is 3.07. The molecule has 1 aromatic carbocycles. The molecule has 1 saturated heterocycles. The average molecular weight is 314 g/mol. The number of thioether (sulfide) groups is 1. The second-order valence-electron chi connectivity index (χ2n) is 4.37. The average Bonchev–Trinajstić information content (AvgIpc) is 2.82. The van der Waals surface area contributed by atoms with Gasteiger partial charge in [-0.25, -0.2) is 0 Å². The number of nitrogens with zero attached hydrogens (tertiary/aromatic N) is 1. The molecule has 0 aliphatic carbocycles. The van der Waals surface area contributed by atoms with Crippen molar-refractivity contribution in [1.29, 1.82) is 0 Å². The Hall–Kier alpha value is -0.320. The molecule has 1 atom stereocenters. The first-order valence-electron chi connectivity index (χ1n) is 5.73. The molecule has 4 heteroatoms. The summed E-state index contributed by atoms with van der Waals surface area (Å²) in [5.74, 6) is 2.58. The highest BCUT2D eigenvalue weighted by Crippen LogP contribution is 2.21. The highest BCUT2D eigenvalue weighted by molar-refractivity contribution is 9.10. The maximum atomic E-state index is 12.1. The number of hydrogen-bond donors (Lipinski definition) is 0. The number of Topliss-reactive ketones (excluding diaryl/α,β-unsaturated/α-hetero) is 1. The van der Waals surface area contributed by atoms with Gasteiger partial charge in [-0.15, -0.1) is 0 Å². The van der Waals surface area contributed by atoms with E-state index in [0.29, 0.717) is 12.6 Å². The molecule has 2 rings (SSSR count). The zero-order valence-electron chi connectivity index (χ0n) is 9.86. The molecule has 0 radical (unpaired) electrons. The van der Waals surface area contributed by atoms with Crippen LogP contribution >= 0.6 is 27.7 Å². The summed E-state index contributed by atoms with van der Waals surface area (Å²) in [6.45, 7) is 0.516. The van der Waals surface area contributed by atoms with Gasteiger partial charge in [0.2, 0.25) is 0 Å². The number of ketones is 1. The van der Waals surface area contributed by atoms with E-state index < -0.39 is 0 Å². The summed E-state index contributed by atoms with van der Waals surface area (Å²) in [5.41, 5.74) is 0.789. The van der Waals surface area contributed by atoms with Gasteiger partial charge in [0.15, 0.2) is 5.78 Å². The van der Waals surface area contributed by atoms with Crippen LogP contribution in [0.25, 0.3) is 0 Å². The fourth-order valence-electron chi connectivity index (χ4n) is 1.98. The molecule has 1 aromatic rings. The van der Waals surface area contributed by atoms with Crippen LogP contribution in [0.3, 0.4) is 0 Å². The van der Waals surface area contributed by atoms with Gasteiger partial charge in [-0.2, -0.15) is 11.8 Å². The maximum Gasteiger partial charge on any atom is 0.176 e. The zero-order valence-corrected chi connectivity index (χ0v) is 12.3. The number of rotatable bonds is 4. The molecule has 0 N–H and O–H groups in total. The smallest absolute Gasteiger partial charge is 0.176 e. The van der Waals surface area contributed by atoms with Crippen LogP contribution < -0.4 is 0 Å². The summed E-state index contributed by atoms with van der Waals surface area (Å²) in [6, 6.07) is 8.18. The van der Waals surface area contributed by atoms with Gasteiger partial charge in [-0.1, -0.05) is 28.1 Å². The fraction of sp³-hybridized carbons (Fsp3) is 0.462. The molecule has 1 aliphatic heterocycles. The van der Waals surface area contributed by atoms with Crippen molar-refractivity contribution in [2.24, 2.45) is 0 Å². The van der Waals surface area contributed by atoms with Gasteiger partial charge >= 0.3 is 0 Å². The van der Waals surface area contributed by atoms with Crippen LogP contribution in [0.4, 0.5) is 0 Å². The quantitative estimate of drug-likeness (QED) is 0.797. The Morgan fingerprint density at radius 3 is 3.06 bits per heavy atom. The van der Waals surface area contributed by atoms with Crippen molar-refractivity contribution < 1.29 is 4.79 Å². The molecule has 17 heavy (non-hydrogen) atoms. The minimum Gasteiger partial charge on any atom is -0.295 e. The molecule has 0 saturated carbocycles. The minimum atomic E-state index is 0.200. The Morgan fingerprint density at radius 2 is 2.41 bits per heavy atom. The summed E-state index contributed by atoms with van der Waals surface area (Å²) in [4.78, 5) is 14.3. The molecule has 0 spiro atoms. The Labute approximate surface area is 115 Å². The van der Waals surface area contributed by atoms with Gasteiger partial charge in [-0.3, -0.25) is 9.69 Å². The van der Waals surface area contributed by atoms with Crippen molar-refractivity contribution in [3.05, 3.63) is 34.3 Å². The number of benzene rings is 1. The van der Waals surface area contributed by atoms with Crippen molar-refractivity contribution in [2.75, 3.05) is 25.1 Å². The first-order chi connectivity index (χ1) is 8.16. The predicted octanol–water partition coefficient (Wildman–Crippen LogP) is 3.07. The largest absolute Gasteiger partial charge is 0.295 e. The van der Waals surface area contributed by atoms with E-state index in [9.17, 15) is 4.79 Å². The Morgan fingerprint density at radius 1 is 1.59 bits per heavy atom. The van der Waals surface area contributed by atoms with Crippen LogP contribution in [-0.4, -0.2) is 41.8 Å². The Kier molecular flexibility index (Phi) is 4.65. The fourth-order valence-corrected chi connectivity index (χ4v) is 3.68. The van der Waals surface area contributed by atoms with Gasteiger partial charge in [-0.05, 0) is 31.4 Å². The normalized spacial score (nSPS) is 19.8. The molecule has 1 unspecified atom stereocenters. The molecule has 92 valence electrons. The first-order valence-corrected chi connectivity index (χ1v) is 7.68. The first kappa shape index (κ1) is 13.1. The number of hydrogen-bond acceptors (Lipinski definition) is 3.